The van der Waals surface area contributed by atoms with Crippen LogP contribution in [0.15, 0.2) is 30.3 Å². The minimum Gasteiger partial charge on any atom is -0.317 e. The normalized spacial score (nSPS) is 11.7. The van der Waals surface area contributed by atoms with Crippen LogP contribution in [0.5, 0.6) is 0 Å². The maximum Gasteiger partial charge on any atom is 0.435 e. The van der Waals surface area contributed by atoms with Crippen LogP contribution in [0.1, 0.15) is 33.1 Å². The molecule has 0 unspecified atom stereocenters. The van der Waals surface area contributed by atoms with Gasteiger partial charge >= 0.3 is 6.18 Å². The number of aromatic nitrogens is 4. The number of hydrogen-bond acceptors (Lipinski definition) is 3. The minimum atomic E-state index is -4.65. The number of carbonyl (C=O) groups is 1. The van der Waals surface area contributed by atoms with Gasteiger partial charge in [-0.2, -0.15) is 23.4 Å². The van der Waals surface area contributed by atoms with Crippen molar-refractivity contribution in [3.05, 3.63) is 64.5 Å². The molecule has 0 spiro atoms. The van der Waals surface area contributed by atoms with Crippen molar-refractivity contribution in [3.8, 4) is 0 Å². The summed E-state index contributed by atoms with van der Waals surface area (Å²) in [5.74, 6) is -1.13. The van der Waals surface area contributed by atoms with Crippen LogP contribution in [0, 0.1) is 19.7 Å². The SMILES string of the molecule is Cc1nn(Cc2ccccc2F)c(C)c1NC(=O)c1cc(C(F)(F)F)nn1C. The Morgan fingerprint density at radius 1 is 1.18 bits per heavy atom. The maximum absolute atomic E-state index is 13.9. The summed E-state index contributed by atoms with van der Waals surface area (Å²) in [7, 11) is 1.26. The van der Waals surface area contributed by atoms with Crippen molar-refractivity contribution in [3.63, 3.8) is 0 Å². The Balaban J connectivity index is 1.85. The molecule has 1 aromatic carbocycles. The fourth-order valence-electron chi connectivity index (χ4n) is 2.82. The van der Waals surface area contributed by atoms with Crippen molar-refractivity contribution < 1.29 is 22.4 Å². The number of anilines is 1. The number of nitrogens with zero attached hydrogens (tertiary/aromatic N) is 4. The third-order valence-corrected chi connectivity index (χ3v) is 4.30. The van der Waals surface area contributed by atoms with E-state index in [0.717, 1.165) is 4.68 Å². The van der Waals surface area contributed by atoms with Gasteiger partial charge in [0.15, 0.2) is 5.69 Å². The molecule has 0 aliphatic rings. The van der Waals surface area contributed by atoms with Gasteiger partial charge in [0, 0.05) is 18.7 Å². The van der Waals surface area contributed by atoms with Gasteiger partial charge in [-0.1, -0.05) is 18.2 Å². The zero-order valence-corrected chi connectivity index (χ0v) is 15.3. The van der Waals surface area contributed by atoms with Crippen molar-refractivity contribution >= 4 is 11.6 Å². The molecule has 0 saturated heterocycles. The monoisotopic (exact) mass is 395 g/mol. The molecule has 0 radical (unpaired) electrons. The van der Waals surface area contributed by atoms with Crippen LogP contribution in [0.3, 0.4) is 0 Å². The first-order valence-corrected chi connectivity index (χ1v) is 8.28. The lowest BCUT2D eigenvalue weighted by Gasteiger charge is -2.08. The molecule has 28 heavy (non-hydrogen) atoms. The van der Waals surface area contributed by atoms with Crippen molar-refractivity contribution in [2.75, 3.05) is 5.32 Å². The van der Waals surface area contributed by atoms with Crippen LogP contribution < -0.4 is 5.32 Å². The standard InChI is InChI=1S/C18H17F4N5O/c1-10-16(11(2)27(24-10)9-12-6-4-5-7-13(12)19)23-17(28)14-8-15(18(20,21)22)25-26(14)3/h4-8H,9H2,1-3H3,(H,23,28). The Labute approximate surface area is 157 Å². The zero-order chi connectivity index (χ0) is 20.6. The van der Waals surface area contributed by atoms with Crippen LogP contribution in [0.4, 0.5) is 23.2 Å². The van der Waals surface area contributed by atoms with Crippen LogP contribution in [-0.4, -0.2) is 25.5 Å². The average molecular weight is 395 g/mol. The third kappa shape index (κ3) is 3.75. The lowest BCUT2D eigenvalue weighted by molar-refractivity contribution is -0.141. The van der Waals surface area contributed by atoms with Gasteiger partial charge in [-0.25, -0.2) is 4.39 Å². The topological polar surface area (TPSA) is 64.7 Å². The van der Waals surface area contributed by atoms with Gasteiger partial charge in [0.2, 0.25) is 0 Å². The van der Waals surface area contributed by atoms with Crippen molar-refractivity contribution in [2.45, 2.75) is 26.6 Å². The first kappa shape index (κ1) is 19.6. The highest BCUT2D eigenvalue weighted by molar-refractivity contribution is 6.03. The number of alkyl halides is 3. The predicted molar refractivity (Wildman–Crippen MR) is 93.4 cm³/mol. The molecule has 1 amide bonds. The number of hydrogen-bond donors (Lipinski definition) is 1. The lowest BCUT2D eigenvalue weighted by atomic mass is 10.2. The molecule has 1 N–H and O–H groups in total. The lowest BCUT2D eigenvalue weighted by Crippen LogP contribution is -2.17. The summed E-state index contributed by atoms with van der Waals surface area (Å²) in [4.78, 5) is 12.5. The molecular formula is C18H17F4N5O. The number of rotatable bonds is 4. The fourth-order valence-corrected chi connectivity index (χ4v) is 2.82. The van der Waals surface area contributed by atoms with E-state index in [1.54, 1.807) is 32.0 Å². The molecule has 0 atom stereocenters. The molecule has 148 valence electrons. The highest BCUT2D eigenvalue weighted by atomic mass is 19.4. The van der Waals surface area contributed by atoms with Crippen molar-refractivity contribution in [1.29, 1.82) is 0 Å². The summed E-state index contributed by atoms with van der Waals surface area (Å²) in [6.07, 6.45) is -4.65. The Hall–Kier alpha value is -3.17. The van der Waals surface area contributed by atoms with Gasteiger partial charge in [-0.15, -0.1) is 0 Å². The number of nitrogens with one attached hydrogen (secondary N) is 1. The van der Waals surface area contributed by atoms with E-state index in [1.165, 1.54) is 17.8 Å². The van der Waals surface area contributed by atoms with Crippen LogP contribution in [0.25, 0.3) is 0 Å². The second-order valence-corrected chi connectivity index (χ2v) is 6.29. The fraction of sp³-hybridized carbons (Fsp3) is 0.278. The van der Waals surface area contributed by atoms with E-state index in [2.05, 4.69) is 15.5 Å². The maximum atomic E-state index is 13.9. The first-order chi connectivity index (χ1) is 13.1. The van der Waals surface area contributed by atoms with Crippen LogP contribution in [-0.2, 0) is 19.8 Å². The number of benzene rings is 1. The summed E-state index contributed by atoms with van der Waals surface area (Å²) in [6.45, 7) is 3.48. The van der Waals surface area contributed by atoms with E-state index in [4.69, 9.17) is 0 Å². The number of amides is 1. The molecule has 3 aromatic rings. The molecule has 3 rings (SSSR count). The molecule has 0 aliphatic carbocycles. The van der Waals surface area contributed by atoms with Gasteiger partial charge in [0.25, 0.3) is 5.91 Å². The molecule has 0 fully saturated rings. The van der Waals surface area contributed by atoms with Crippen LogP contribution in [0.2, 0.25) is 0 Å². The second kappa shape index (κ2) is 7.10. The van der Waals surface area contributed by atoms with E-state index in [0.29, 0.717) is 28.7 Å². The quantitative estimate of drug-likeness (QED) is 0.686. The number of aryl methyl sites for hydroxylation is 2. The van der Waals surface area contributed by atoms with Gasteiger partial charge < -0.3 is 5.32 Å². The molecule has 0 aliphatic heterocycles. The molecule has 0 bridgehead atoms. The summed E-state index contributed by atoms with van der Waals surface area (Å²) >= 11 is 0. The summed E-state index contributed by atoms with van der Waals surface area (Å²) in [5, 5.41) is 10.2. The molecular weight excluding hydrogens is 378 g/mol. The Bertz CT molecular complexity index is 1040. The first-order valence-electron chi connectivity index (χ1n) is 8.28. The third-order valence-electron chi connectivity index (χ3n) is 4.30. The molecule has 2 heterocycles. The Morgan fingerprint density at radius 2 is 1.86 bits per heavy atom. The van der Waals surface area contributed by atoms with E-state index in [-0.39, 0.29) is 18.1 Å². The van der Waals surface area contributed by atoms with Gasteiger partial charge in [0.1, 0.15) is 11.5 Å². The number of halogens is 4. The molecule has 10 heteroatoms. The molecule has 0 saturated carbocycles. The highest BCUT2D eigenvalue weighted by Crippen LogP contribution is 2.29. The van der Waals surface area contributed by atoms with Gasteiger partial charge in [-0.05, 0) is 19.9 Å². The Kier molecular flexibility index (Phi) is 4.97. The average Bonchev–Trinajstić information content (AvgIpc) is 3.12. The van der Waals surface area contributed by atoms with Crippen LogP contribution >= 0.6 is 0 Å². The summed E-state index contributed by atoms with van der Waals surface area (Å²) in [6, 6.07) is 6.93. The second-order valence-electron chi connectivity index (χ2n) is 6.29. The molecule has 2 aromatic heterocycles. The van der Waals surface area contributed by atoms with Gasteiger partial charge in [-0.3, -0.25) is 14.2 Å². The minimum absolute atomic E-state index is 0.152. The predicted octanol–water partition coefficient (Wildman–Crippen LogP) is 3.69. The van der Waals surface area contributed by atoms with E-state index in [1.807, 2.05) is 0 Å². The largest absolute Gasteiger partial charge is 0.435 e. The van der Waals surface area contributed by atoms with Crippen molar-refractivity contribution in [1.82, 2.24) is 19.6 Å². The Morgan fingerprint density at radius 3 is 2.46 bits per heavy atom. The van der Waals surface area contributed by atoms with E-state index < -0.39 is 17.8 Å². The highest BCUT2D eigenvalue weighted by Gasteiger charge is 2.35. The number of carbonyl (C=O) groups excluding carboxylic acids is 1. The molecule has 6 nitrogen and oxygen atoms in total. The summed E-state index contributed by atoms with van der Waals surface area (Å²) < 4.78 is 54.6. The van der Waals surface area contributed by atoms with E-state index >= 15 is 0 Å². The smallest absolute Gasteiger partial charge is 0.317 e. The van der Waals surface area contributed by atoms with Crippen molar-refractivity contribution in [2.24, 2.45) is 7.05 Å². The van der Waals surface area contributed by atoms with E-state index in [9.17, 15) is 22.4 Å². The van der Waals surface area contributed by atoms with Gasteiger partial charge in [0.05, 0.1) is 23.6 Å². The summed E-state index contributed by atoms with van der Waals surface area (Å²) in [5.41, 5.74) is 0.396. The zero-order valence-electron chi connectivity index (χ0n) is 15.3.